The van der Waals surface area contributed by atoms with Crippen LogP contribution in [0.25, 0.3) is 11.0 Å². The molecule has 3 aromatic rings. The normalized spacial score (nSPS) is 13.0. The largest absolute Gasteiger partial charge is 0.456 e. The fraction of sp³-hybridized carbons (Fsp3) is 0.143. The number of halogens is 1. The lowest BCUT2D eigenvalue weighted by molar-refractivity contribution is 0.464. The molecule has 3 nitrogen and oxygen atoms in total. The van der Waals surface area contributed by atoms with Gasteiger partial charge in [0.15, 0.2) is 11.4 Å². The molecule has 0 aliphatic heterocycles. The van der Waals surface area contributed by atoms with Crippen molar-refractivity contribution in [2.75, 3.05) is 0 Å². The van der Waals surface area contributed by atoms with Crippen LogP contribution < -0.4 is 11.3 Å². The van der Waals surface area contributed by atoms with E-state index in [0.29, 0.717) is 5.76 Å². The third kappa shape index (κ3) is 2.06. The number of hydrogen-bond donors (Lipinski definition) is 2. The van der Waals surface area contributed by atoms with Crippen LogP contribution in [0.5, 0.6) is 0 Å². The van der Waals surface area contributed by atoms with E-state index < -0.39 is 0 Å². The van der Waals surface area contributed by atoms with Crippen LogP contribution in [0.1, 0.15) is 22.9 Å². The van der Waals surface area contributed by atoms with E-state index in [-0.39, 0.29) is 17.4 Å². The van der Waals surface area contributed by atoms with Gasteiger partial charge in [-0.3, -0.25) is 5.84 Å². The van der Waals surface area contributed by atoms with Crippen LogP contribution in [0.15, 0.2) is 39.4 Å². The van der Waals surface area contributed by atoms with Gasteiger partial charge < -0.3 is 4.42 Å². The third-order valence-corrected chi connectivity index (χ3v) is 4.05. The van der Waals surface area contributed by atoms with E-state index in [1.807, 2.05) is 29.8 Å². The summed E-state index contributed by atoms with van der Waals surface area (Å²) in [7, 11) is 0. The lowest BCUT2D eigenvalue weighted by Crippen LogP contribution is -2.28. The van der Waals surface area contributed by atoms with Crippen LogP contribution in [-0.2, 0) is 0 Å². The number of hydrogen-bond acceptors (Lipinski definition) is 4. The quantitative estimate of drug-likeness (QED) is 0.568. The molecule has 1 unspecified atom stereocenters. The molecule has 0 saturated carbocycles. The van der Waals surface area contributed by atoms with Gasteiger partial charge in [0.05, 0.1) is 0 Å². The molecule has 1 atom stereocenters. The average Bonchev–Trinajstić information content (AvgIpc) is 2.99. The summed E-state index contributed by atoms with van der Waals surface area (Å²) in [6.07, 6.45) is 0. The van der Waals surface area contributed by atoms with Crippen molar-refractivity contribution in [2.45, 2.75) is 13.0 Å². The van der Waals surface area contributed by atoms with E-state index in [1.165, 1.54) is 6.07 Å². The van der Waals surface area contributed by atoms with Crippen LogP contribution in [0.2, 0.25) is 0 Å². The van der Waals surface area contributed by atoms with Crippen molar-refractivity contribution < 1.29 is 8.81 Å². The minimum absolute atomic E-state index is 0.266. The number of nitrogens with two attached hydrogens (primary N) is 1. The number of hydrazine groups is 1. The maximum atomic E-state index is 13.6. The molecular formula is C14H13FN2OS. The highest BCUT2D eigenvalue weighted by Gasteiger charge is 2.20. The fourth-order valence-corrected chi connectivity index (χ4v) is 3.06. The SMILES string of the molecule is Cc1cscc1C(NN)c1cc2cccc(F)c2o1. The Balaban J connectivity index is 2.12. The number of benzene rings is 1. The summed E-state index contributed by atoms with van der Waals surface area (Å²) < 4.78 is 19.3. The molecule has 19 heavy (non-hydrogen) atoms. The zero-order valence-electron chi connectivity index (χ0n) is 10.3. The van der Waals surface area contributed by atoms with Crippen LogP contribution >= 0.6 is 11.3 Å². The summed E-state index contributed by atoms with van der Waals surface area (Å²) in [6.45, 7) is 2.01. The Morgan fingerprint density at radius 3 is 2.84 bits per heavy atom. The Morgan fingerprint density at radius 1 is 1.37 bits per heavy atom. The number of thiophene rings is 1. The maximum Gasteiger partial charge on any atom is 0.169 e. The monoisotopic (exact) mass is 276 g/mol. The van der Waals surface area contributed by atoms with Crippen LogP contribution in [0, 0.1) is 12.7 Å². The van der Waals surface area contributed by atoms with Crippen molar-refractivity contribution in [2.24, 2.45) is 5.84 Å². The Bertz CT molecular complexity index is 719. The predicted molar refractivity (Wildman–Crippen MR) is 74.4 cm³/mol. The highest BCUT2D eigenvalue weighted by atomic mass is 32.1. The molecule has 0 spiro atoms. The molecule has 2 heterocycles. The van der Waals surface area contributed by atoms with E-state index in [9.17, 15) is 4.39 Å². The van der Waals surface area contributed by atoms with E-state index in [2.05, 4.69) is 5.43 Å². The van der Waals surface area contributed by atoms with Gasteiger partial charge in [-0.1, -0.05) is 12.1 Å². The van der Waals surface area contributed by atoms with Crippen molar-refractivity contribution in [1.29, 1.82) is 0 Å². The molecule has 0 amide bonds. The standard InChI is InChI=1S/C14H13FN2OS/c1-8-6-19-7-10(8)13(17-16)12-5-9-3-2-4-11(15)14(9)18-12/h2-7,13,17H,16H2,1H3. The van der Waals surface area contributed by atoms with Gasteiger partial charge >= 0.3 is 0 Å². The Hall–Kier alpha value is -1.69. The average molecular weight is 276 g/mol. The minimum atomic E-state index is -0.360. The van der Waals surface area contributed by atoms with Crippen LogP contribution in [-0.4, -0.2) is 0 Å². The van der Waals surface area contributed by atoms with Gasteiger partial charge in [-0.2, -0.15) is 11.3 Å². The first kappa shape index (κ1) is 12.3. The van der Waals surface area contributed by atoms with E-state index in [0.717, 1.165) is 16.5 Å². The number of furan rings is 1. The highest BCUT2D eigenvalue weighted by molar-refractivity contribution is 7.08. The molecule has 0 aliphatic carbocycles. The van der Waals surface area contributed by atoms with Crippen molar-refractivity contribution in [3.8, 4) is 0 Å². The third-order valence-electron chi connectivity index (χ3n) is 3.17. The van der Waals surface area contributed by atoms with Gasteiger partial charge in [0, 0.05) is 5.39 Å². The van der Waals surface area contributed by atoms with Crippen molar-refractivity contribution in [3.05, 3.63) is 57.7 Å². The lowest BCUT2D eigenvalue weighted by atomic mass is 10.0. The molecule has 0 bridgehead atoms. The number of aryl methyl sites for hydroxylation is 1. The summed E-state index contributed by atoms with van der Waals surface area (Å²) in [5.74, 6) is 5.88. The summed E-state index contributed by atoms with van der Waals surface area (Å²) in [5.41, 5.74) is 5.18. The molecule has 2 aromatic heterocycles. The van der Waals surface area contributed by atoms with Crippen LogP contribution in [0.3, 0.4) is 0 Å². The van der Waals surface area contributed by atoms with Gasteiger partial charge in [0.2, 0.25) is 0 Å². The Morgan fingerprint density at radius 2 is 2.21 bits per heavy atom. The second-order valence-electron chi connectivity index (χ2n) is 4.42. The molecule has 5 heteroatoms. The summed E-state index contributed by atoms with van der Waals surface area (Å²) in [6, 6.07) is 6.42. The molecule has 0 radical (unpaired) electrons. The number of para-hydroxylation sites is 1. The molecule has 3 N–H and O–H groups in total. The van der Waals surface area contributed by atoms with Gasteiger partial charge in [-0.05, 0) is 40.9 Å². The van der Waals surface area contributed by atoms with Crippen molar-refractivity contribution in [3.63, 3.8) is 0 Å². The topological polar surface area (TPSA) is 51.2 Å². The predicted octanol–water partition coefficient (Wildman–Crippen LogP) is 3.49. The lowest BCUT2D eigenvalue weighted by Gasteiger charge is -2.12. The Labute approximate surface area is 113 Å². The molecule has 0 fully saturated rings. The second kappa shape index (κ2) is 4.77. The van der Waals surface area contributed by atoms with E-state index >= 15 is 0 Å². The zero-order chi connectivity index (χ0) is 13.4. The summed E-state index contributed by atoms with van der Waals surface area (Å²) >= 11 is 1.60. The van der Waals surface area contributed by atoms with Gasteiger partial charge in [-0.15, -0.1) is 0 Å². The van der Waals surface area contributed by atoms with Crippen molar-refractivity contribution in [1.82, 2.24) is 5.43 Å². The van der Waals surface area contributed by atoms with Gasteiger partial charge in [-0.25, -0.2) is 9.82 Å². The maximum absolute atomic E-state index is 13.6. The number of fused-ring (bicyclic) bond motifs is 1. The van der Waals surface area contributed by atoms with Crippen molar-refractivity contribution >= 4 is 22.3 Å². The van der Waals surface area contributed by atoms with Gasteiger partial charge in [0.25, 0.3) is 0 Å². The molecular weight excluding hydrogens is 263 g/mol. The number of nitrogens with one attached hydrogen (secondary N) is 1. The first-order chi connectivity index (χ1) is 9.20. The molecule has 1 aromatic carbocycles. The van der Waals surface area contributed by atoms with Gasteiger partial charge in [0.1, 0.15) is 11.8 Å². The summed E-state index contributed by atoms with van der Waals surface area (Å²) in [4.78, 5) is 0. The fourth-order valence-electron chi connectivity index (χ4n) is 2.18. The first-order valence-electron chi connectivity index (χ1n) is 5.87. The first-order valence-corrected chi connectivity index (χ1v) is 6.81. The second-order valence-corrected chi connectivity index (χ2v) is 5.16. The molecule has 98 valence electrons. The minimum Gasteiger partial charge on any atom is -0.456 e. The highest BCUT2D eigenvalue weighted by Crippen LogP contribution is 2.31. The molecule has 0 saturated heterocycles. The Kier molecular flexibility index (Phi) is 3.10. The molecule has 3 rings (SSSR count). The smallest absolute Gasteiger partial charge is 0.169 e. The summed E-state index contributed by atoms with van der Waals surface area (Å²) in [5, 5.41) is 4.80. The van der Waals surface area contributed by atoms with Crippen LogP contribution in [0.4, 0.5) is 4.39 Å². The zero-order valence-corrected chi connectivity index (χ0v) is 11.1. The number of rotatable bonds is 3. The van der Waals surface area contributed by atoms with E-state index in [1.54, 1.807) is 17.4 Å². The van der Waals surface area contributed by atoms with E-state index in [4.69, 9.17) is 10.3 Å². The molecule has 0 aliphatic rings.